The third kappa shape index (κ3) is 20.1. The van der Waals surface area contributed by atoms with Gasteiger partial charge in [-0.25, -0.2) is 0 Å². The van der Waals surface area contributed by atoms with Gasteiger partial charge in [-0.15, -0.1) is 0 Å². The Morgan fingerprint density at radius 3 is 1.62 bits per heavy atom. The minimum Gasteiger partial charge on any atom is -0.497 e. The fourth-order valence-corrected chi connectivity index (χ4v) is 7.42. The molecule has 6 atom stereocenters. The molecule has 0 saturated carbocycles. The van der Waals surface area contributed by atoms with Crippen molar-refractivity contribution in [3.63, 3.8) is 0 Å². The van der Waals surface area contributed by atoms with Gasteiger partial charge in [0, 0.05) is 19.5 Å². The van der Waals surface area contributed by atoms with E-state index < -0.39 is 36.7 Å². The first-order valence-corrected chi connectivity index (χ1v) is 23.0. The summed E-state index contributed by atoms with van der Waals surface area (Å²) in [5.74, 6) is 0.917. The molecule has 2 amide bonds. The summed E-state index contributed by atoms with van der Waals surface area (Å²) in [6.07, 6.45) is 16.4. The van der Waals surface area contributed by atoms with Gasteiger partial charge in [0.05, 0.1) is 34.0 Å². The Morgan fingerprint density at radius 2 is 1.13 bits per heavy atom. The van der Waals surface area contributed by atoms with E-state index in [0.29, 0.717) is 24.5 Å². The number of nitrogens with two attached hydrogens (primary N) is 1. The van der Waals surface area contributed by atoms with Gasteiger partial charge >= 0.3 is 0 Å². The van der Waals surface area contributed by atoms with E-state index in [-0.39, 0.29) is 38.2 Å². The average Bonchev–Trinajstić information content (AvgIpc) is 3.27. The van der Waals surface area contributed by atoms with E-state index in [1.807, 2.05) is 48.5 Å². The summed E-state index contributed by atoms with van der Waals surface area (Å²) < 4.78 is 36.1. The number of carbonyl (C=O) groups excluding carboxylic acids is 2. The third-order valence-corrected chi connectivity index (χ3v) is 11.2. The first-order valence-electron chi connectivity index (χ1n) is 23.0. The van der Waals surface area contributed by atoms with Gasteiger partial charge < -0.3 is 49.9 Å². The summed E-state index contributed by atoms with van der Waals surface area (Å²) in [4.78, 5) is 27.0. The Balaban J connectivity index is 1.70. The summed E-state index contributed by atoms with van der Waals surface area (Å²) in [7, 11) is 3.22. The average molecular weight is 842 g/mol. The quantitative estimate of drug-likeness (QED) is 0.0505. The molecule has 1 saturated heterocycles. The zero-order chi connectivity index (χ0) is 43.2. The van der Waals surface area contributed by atoms with Crippen molar-refractivity contribution in [3.8, 4) is 11.5 Å². The van der Waals surface area contributed by atoms with Crippen LogP contribution in [0.25, 0.3) is 0 Å². The first kappa shape index (κ1) is 51.1. The number of benzene rings is 2. The van der Waals surface area contributed by atoms with Crippen LogP contribution in [-0.4, -0.2) is 87.6 Å². The Kier molecular flexibility index (Phi) is 26.9. The van der Waals surface area contributed by atoms with Crippen LogP contribution < -0.4 is 25.8 Å². The lowest BCUT2D eigenvalue weighted by atomic mass is 9.98. The van der Waals surface area contributed by atoms with E-state index in [1.54, 1.807) is 14.2 Å². The molecule has 0 spiro atoms. The van der Waals surface area contributed by atoms with Gasteiger partial charge in [-0.05, 0) is 48.2 Å². The SMILES string of the molecule is CCCCCCCCCCCNC(=O)[C@H](CO[C@H]1O[C@H](CN)[C@H](O)[C@H](OCc2ccc(OC)cc2)[C@H]1OCc1ccc(OC)cc1)NC(=O)CCCCCCCCCCC. The van der Waals surface area contributed by atoms with Crippen molar-refractivity contribution in [2.24, 2.45) is 5.73 Å². The molecular formula is C48H79N3O9. The molecule has 0 aromatic heterocycles. The maximum Gasteiger partial charge on any atom is 0.244 e. The number of unbranched alkanes of at least 4 members (excludes halogenated alkanes) is 16. The lowest BCUT2D eigenvalue weighted by Gasteiger charge is -2.44. The van der Waals surface area contributed by atoms with Crippen molar-refractivity contribution in [1.82, 2.24) is 10.6 Å². The molecule has 1 aliphatic heterocycles. The Bertz CT molecular complexity index is 1400. The van der Waals surface area contributed by atoms with Crippen LogP contribution in [0, 0.1) is 0 Å². The second-order valence-corrected chi connectivity index (χ2v) is 16.2. The van der Waals surface area contributed by atoms with Gasteiger partial charge in [-0.1, -0.05) is 141 Å². The topological polar surface area (TPSA) is 160 Å². The van der Waals surface area contributed by atoms with Crippen molar-refractivity contribution >= 4 is 11.8 Å². The number of carbonyl (C=O) groups is 2. The van der Waals surface area contributed by atoms with Crippen LogP contribution in [0.5, 0.6) is 11.5 Å². The minimum atomic E-state index is -1.14. The number of nitrogens with one attached hydrogen (secondary N) is 2. The molecule has 1 heterocycles. The highest BCUT2D eigenvalue weighted by atomic mass is 16.7. The number of hydrogen-bond acceptors (Lipinski definition) is 10. The van der Waals surface area contributed by atoms with Crippen LogP contribution in [0.2, 0.25) is 0 Å². The molecule has 2 aromatic carbocycles. The smallest absolute Gasteiger partial charge is 0.244 e. The fraction of sp³-hybridized carbons (Fsp3) is 0.708. The van der Waals surface area contributed by atoms with E-state index in [2.05, 4.69) is 24.5 Å². The molecular weight excluding hydrogens is 763 g/mol. The number of rotatable bonds is 34. The minimum absolute atomic E-state index is 0.00719. The fourth-order valence-electron chi connectivity index (χ4n) is 7.42. The van der Waals surface area contributed by atoms with Crippen LogP contribution in [0.3, 0.4) is 0 Å². The lowest BCUT2D eigenvalue weighted by molar-refractivity contribution is -0.314. The summed E-state index contributed by atoms with van der Waals surface area (Å²) >= 11 is 0. The van der Waals surface area contributed by atoms with Crippen molar-refractivity contribution < 1.29 is 43.1 Å². The predicted octanol–water partition coefficient (Wildman–Crippen LogP) is 8.29. The highest BCUT2D eigenvalue weighted by Gasteiger charge is 2.47. The number of amides is 2. The molecule has 340 valence electrons. The highest BCUT2D eigenvalue weighted by Crippen LogP contribution is 2.29. The van der Waals surface area contributed by atoms with E-state index in [0.717, 1.165) is 49.7 Å². The van der Waals surface area contributed by atoms with Crippen molar-refractivity contribution in [1.29, 1.82) is 0 Å². The number of aliphatic hydroxyl groups is 1. The van der Waals surface area contributed by atoms with Crippen LogP contribution in [0.1, 0.15) is 147 Å². The summed E-state index contributed by atoms with van der Waals surface area (Å²) in [6, 6.07) is 14.0. The molecule has 2 aromatic rings. The van der Waals surface area contributed by atoms with Crippen molar-refractivity contribution in [2.75, 3.05) is 33.9 Å². The molecule has 0 aliphatic carbocycles. The molecule has 60 heavy (non-hydrogen) atoms. The summed E-state index contributed by atoms with van der Waals surface area (Å²) in [5, 5.41) is 17.5. The van der Waals surface area contributed by atoms with Gasteiger partial charge in [0.15, 0.2) is 6.29 Å². The Labute approximate surface area is 361 Å². The lowest BCUT2D eigenvalue weighted by Crippen LogP contribution is -2.62. The van der Waals surface area contributed by atoms with Gasteiger partial charge in [-0.3, -0.25) is 9.59 Å². The maximum atomic E-state index is 13.7. The molecule has 3 rings (SSSR count). The van der Waals surface area contributed by atoms with Crippen LogP contribution in [-0.2, 0) is 41.8 Å². The third-order valence-electron chi connectivity index (χ3n) is 11.2. The van der Waals surface area contributed by atoms with E-state index in [1.165, 1.54) is 77.0 Å². The highest BCUT2D eigenvalue weighted by molar-refractivity contribution is 5.87. The van der Waals surface area contributed by atoms with E-state index >= 15 is 0 Å². The van der Waals surface area contributed by atoms with E-state index in [4.69, 9.17) is 34.2 Å². The number of hydrogen-bond donors (Lipinski definition) is 4. The molecule has 12 nitrogen and oxygen atoms in total. The largest absolute Gasteiger partial charge is 0.497 e. The Morgan fingerprint density at radius 1 is 0.667 bits per heavy atom. The number of ether oxygens (including phenoxy) is 6. The summed E-state index contributed by atoms with van der Waals surface area (Å²) in [6.45, 7) is 5.09. The number of aliphatic hydroxyl groups excluding tert-OH is 1. The van der Waals surface area contributed by atoms with Gasteiger partial charge in [0.1, 0.15) is 42.0 Å². The normalized spacial score (nSPS) is 19.5. The molecule has 1 aliphatic rings. The van der Waals surface area contributed by atoms with Crippen LogP contribution in [0.4, 0.5) is 0 Å². The van der Waals surface area contributed by atoms with Gasteiger partial charge in [-0.2, -0.15) is 0 Å². The van der Waals surface area contributed by atoms with E-state index in [9.17, 15) is 14.7 Å². The van der Waals surface area contributed by atoms with Gasteiger partial charge in [0.25, 0.3) is 0 Å². The molecule has 1 fully saturated rings. The molecule has 0 radical (unpaired) electrons. The maximum absolute atomic E-state index is 13.7. The number of methoxy groups -OCH3 is 2. The molecule has 0 unspecified atom stereocenters. The molecule has 12 heteroatoms. The standard InChI is InChI=1S/C48H79N3O9/c1-5-7-9-11-13-15-17-19-21-23-43(52)51-41(47(54)50-32-22-20-18-16-14-12-10-8-6-2)36-59-48-46(58-35-38-26-30-40(56-4)31-27-38)45(44(53)42(33-49)60-48)57-34-37-24-28-39(55-3)29-25-37/h24-31,41-42,44-46,48,53H,5-23,32-36,49H2,1-4H3,(H,50,54)(H,51,52)/t41-,42+,44-,45-,46+,48-/m0/s1. The second-order valence-electron chi connectivity index (χ2n) is 16.2. The predicted molar refractivity (Wildman–Crippen MR) is 237 cm³/mol. The Hall–Kier alpha value is -3.26. The van der Waals surface area contributed by atoms with Gasteiger partial charge in [0.2, 0.25) is 11.8 Å². The molecule has 5 N–H and O–H groups in total. The van der Waals surface area contributed by atoms with Crippen LogP contribution in [0.15, 0.2) is 48.5 Å². The van der Waals surface area contributed by atoms with Crippen LogP contribution >= 0.6 is 0 Å². The van der Waals surface area contributed by atoms with Crippen molar-refractivity contribution in [3.05, 3.63) is 59.7 Å². The summed E-state index contributed by atoms with van der Waals surface area (Å²) in [5.41, 5.74) is 7.83. The monoisotopic (exact) mass is 842 g/mol. The zero-order valence-electron chi connectivity index (χ0n) is 37.3. The van der Waals surface area contributed by atoms with Crippen molar-refractivity contribution in [2.45, 2.75) is 186 Å². The molecule has 0 bridgehead atoms. The second kappa shape index (κ2) is 31.6. The first-order chi connectivity index (χ1) is 29.3. The zero-order valence-corrected chi connectivity index (χ0v) is 37.3.